The molecule has 2 fully saturated rings. The van der Waals surface area contributed by atoms with Gasteiger partial charge in [-0.1, -0.05) is 0 Å². The van der Waals surface area contributed by atoms with Crippen LogP contribution in [0.25, 0.3) is 0 Å². The summed E-state index contributed by atoms with van der Waals surface area (Å²) in [5, 5.41) is 14.5. The molecular weight excluding hydrogens is 272 g/mol. The van der Waals surface area contributed by atoms with E-state index in [1.165, 1.54) is 51.0 Å². The molecule has 21 heavy (non-hydrogen) atoms. The number of hydrogen-bond acceptors (Lipinski definition) is 5. The third-order valence-corrected chi connectivity index (χ3v) is 4.20. The molecule has 0 atom stereocenters. The van der Waals surface area contributed by atoms with E-state index in [0.717, 1.165) is 0 Å². The van der Waals surface area contributed by atoms with Gasteiger partial charge in [0.1, 0.15) is 5.69 Å². The zero-order valence-corrected chi connectivity index (χ0v) is 11.9. The molecule has 2 aliphatic rings. The van der Waals surface area contributed by atoms with E-state index in [0.29, 0.717) is 23.1 Å². The van der Waals surface area contributed by atoms with Crippen LogP contribution >= 0.6 is 0 Å². The highest BCUT2D eigenvalue weighted by molar-refractivity contribution is 5.91. The number of methoxy groups -OCH3 is 1. The Morgan fingerprint density at radius 1 is 1.33 bits per heavy atom. The molecule has 0 bridgehead atoms. The molecule has 6 heteroatoms. The van der Waals surface area contributed by atoms with Crippen molar-refractivity contribution in [3.63, 3.8) is 0 Å². The third kappa shape index (κ3) is 2.99. The quantitative estimate of drug-likeness (QED) is 0.495. The topological polar surface area (TPSA) is 81.5 Å². The summed E-state index contributed by atoms with van der Waals surface area (Å²) in [5.74, 6) is 0.736. The van der Waals surface area contributed by atoms with Crippen LogP contribution in [0, 0.1) is 22.0 Å². The molecule has 6 nitrogen and oxygen atoms in total. The molecule has 1 N–H and O–H groups in total. The van der Waals surface area contributed by atoms with Gasteiger partial charge in [0.15, 0.2) is 0 Å². The summed E-state index contributed by atoms with van der Waals surface area (Å²) in [7, 11) is 1.30. The lowest BCUT2D eigenvalue weighted by molar-refractivity contribution is -0.384. The molecular formula is C15H18N2O4. The van der Waals surface area contributed by atoms with Gasteiger partial charge in [-0.05, 0) is 49.7 Å². The Kier molecular flexibility index (Phi) is 3.53. The molecule has 0 aliphatic heterocycles. The number of nitro groups is 1. The maximum absolute atomic E-state index is 11.6. The highest BCUT2D eigenvalue weighted by atomic mass is 16.6. The van der Waals surface area contributed by atoms with Gasteiger partial charge >= 0.3 is 5.97 Å². The van der Waals surface area contributed by atoms with Crippen molar-refractivity contribution in [1.29, 1.82) is 0 Å². The average molecular weight is 290 g/mol. The summed E-state index contributed by atoms with van der Waals surface area (Å²) in [6.45, 7) is 0. The van der Waals surface area contributed by atoms with Gasteiger partial charge in [-0.3, -0.25) is 10.1 Å². The second kappa shape index (κ2) is 5.35. The van der Waals surface area contributed by atoms with E-state index in [1.807, 2.05) is 0 Å². The van der Waals surface area contributed by atoms with Crippen molar-refractivity contribution in [3.05, 3.63) is 33.9 Å². The molecule has 0 saturated heterocycles. The van der Waals surface area contributed by atoms with Crippen LogP contribution in [0.5, 0.6) is 0 Å². The van der Waals surface area contributed by atoms with Crippen molar-refractivity contribution in [3.8, 4) is 0 Å². The van der Waals surface area contributed by atoms with Crippen molar-refractivity contribution in [2.75, 3.05) is 12.4 Å². The molecule has 112 valence electrons. The third-order valence-electron chi connectivity index (χ3n) is 4.20. The first-order valence-electron chi connectivity index (χ1n) is 7.23. The summed E-state index contributed by atoms with van der Waals surface area (Å²) in [5.41, 5.74) is 0.761. The van der Waals surface area contributed by atoms with Crippen LogP contribution in [0.4, 0.5) is 11.4 Å². The number of nitrogens with zero attached hydrogens (tertiary/aromatic N) is 1. The number of carbonyl (C=O) groups excluding carboxylic acids is 1. The van der Waals surface area contributed by atoms with E-state index in [2.05, 4.69) is 10.1 Å². The van der Waals surface area contributed by atoms with Gasteiger partial charge in [0.05, 0.1) is 17.6 Å². The summed E-state index contributed by atoms with van der Waals surface area (Å²) in [6.07, 6.45) is 4.72. The maximum atomic E-state index is 11.6. The smallest absolute Gasteiger partial charge is 0.337 e. The summed E-state index contributed by atoms with van der Waals surface area (Å²) in [6, 6.07) is 4.61. The minimum Gasteiger partial charge on any atom is -0.465 e. The van der Waals surface area contributed by atoms with E-state index in [1.54, 1.807) is 0 Å². The largest absolute Gasteiger partial charge is 0.465 e. The number of nitrogens with one attached hydrogen (secondary N) is 1. The first-order chi connectivity index (χ1) is 10.1. The Balaban J connectivity index is 1.89. The maximum Gasteiger partial charge on any atom is 0.337 e. The van der Waals surface area contributed by atoms with Gasteiger partial charge in [0.25, 0.3) is 5.69 Å². The average Bonchev–Trinajstić information content (AvgIpc) is 3.36. The lowest BCUT2D eigenvalue weighted by atomic mass is 10.1. The van der Waals surface area contributed by atoms with Crippen molar-refractivity contribution in [2.24, 2.45) is 11.8 Å². The van der Waals surface area contributed by atoms with Gasteiger partial charge in [-0.2, -0.15) is 0 Å². The Bertz CT molecular complexity index is 567. The zero-order chi connectivity index (χ0) is 15.0. The highest BCUT2D eigenvalue weighted by Gasteiger charge is 2.42. The fourth-order valence-corrected chi connectivity index (χ4v) is 2.77. The van der Waals surface area contributed by atoms with Gasteiger partial charge in [0, 0.05) is 12.1 Å². The Morgan fingerprint density at radius 3 is 2.43 bits per heavy atom. The van der Waals surface area contributed by atoms with Crippen molar-refractivity contribution in [1.82, 2.24) is 0 Å². The summed E-state index contributed by atoms with van der Waals surface area (Å²) in [4.78, 5) is 22.4. The van der Waals surface area contributed by atoms with Crippen molar-refractivity contribution in [2.45, 2.75) is 31.7 Å². The van der Waals surface area contributed by atoms with Gasteiger partial charge in [-0.25, -0.2) is 4.79 Å². The van der Waals surface area contributed by atoms with Crippen LogP contribution in [-0.2, 0) is 4.74 Å². The minimum absolute atomic E-state index is 0.00829. The molecule has 2 saturated carbocycles. The molecule has 0 amide bonds. The molecule has 0 heterocycles. The predicted molar refractivity (Wildman–Crippen MR) is 77.3 cm³/mol. The number of rotatable bonds is 6. The zero-order valence-electron chi connectivity index (χ0n) is 11.9. The van der Waals surface area contributed by atoms with E-state index < -0.39 is 10.9 Å². The number of benzene rings is 1. The van der Waals surface area contributed by atoms with E-state index in [9.17, 15) is 14.9 Å². The van der Waals surface area contributed by atoms with Gasteiger partial charge in [-0.15, -0.1) is 0 Å². The number of ether oxygens (including phenoxy) is 1. The van der Waals surface area contributed by atoms with Crippen LogP contribution in [-0.4, -0.2) is 24.0 Å². The molecule has 1 aromatic rings. The monoisotopic (exact) mass is 290 g/mol. The fraction of sp³-hybridized carbons (Fsp3) is 0.533. The molecule has 0 unspecified atom stereocenters. The minimum atomic E-state index is -0.484. The van der Waals surface area contributed by atoms with E-state index in [4.69, 9.17) is 0 Å². The first kappa shape index (κ1) is 13.9. The van der Waals surface area contributed by atoms with Crippen LogP contribution < -0.4 is 5.32 Å². The molecule has 3 rings (SSSR count). The molecule has 0 aromatic heterocycles. The lowest BCUT2D eigenvalue weighted by Crippen LogP contribution is -2.25. The van der Waals surface area contributed by atoms with E-state index >= 15 is 0 Å². The van der Waals surface area contributed by atoms with Crippen LogP contribution in [0.1, 0.15) is 36.0 Å². The number of hydrogen-bond donors (Lipinski definition) is 1. The van der Waals surface area contributed by atoms with Gasteiger partial charge in [0.2, 0.25) is 0 Å². The number of carbonyl (C=O) groups is 1. The van der Waals surface area contributed by atoms with E-state index in [-0.39, 0.29) is 11.7 Å². The second-order valence-corrected chi connectivity index (χ2v) is 5.83. The number of nitro benzene ring substituents is 1. The predicted octanol–water partition coefficient (Wildman–Crippen LogP) is 2.98. The molecule has 0 radical (unpaired) electrons. The van der Waals surface area contributed by atoms with Crippen molar-refractivity contribution < 1.29 is 14.5 Å². The normalized spacial score (nSPS) is 17.6. The standard InChI is InChI=1S/C15H18N2O4/c1-21-15(18)11-6-7-13(17(19)20)12(8-11)16-14(9-2-3-9)10-4-5-10/h6-10,14,16H,2-5H2,1H3. The highest BCUT2D eigenvalue weighted by Crippen LogP contribution is 2.46. The lowest BCUT2D eigenvalue weighted by Gasteiger charge is -2.19. The Labute approximate surface area is 122 Å². The van der Waals surface area contributed by atoms with Crippen LogP contribution in [0.3, 0.4) is 0 Å². The molecule has 2 aliphatic carbocycles. The summed E-state index contributed by atoms with van der Waals surface area (Å²) >= 11 is 0. The SMILES string of the molecule is COC(=O)c1ccc([N+](=O)[O-])c(NC(C2CC2)C2CC2)c1. The molecule has 0 spiro atoms. The van der Waals surface area contributed by atoms with Crippen LogP contribution in [0.2, 0.25) is 0 Å². The number of esters is 1. The fourth-order valence-electron chi connectivity index (χ4n) is 2.77. The number of anilines is 1. The Morgan fingerprint density at radius 2 is 1.95 bits per heavy atom. The Hall–Kier alpha value is -2.11. The summed E-state index contributed by atoms with van der Waals surface area (Å²) < 4.78 is 4.68. The second-order valence-electron chi connectivity index (χ2n) is 5.83. The first-order valence-corrected chi connectivity index (χ1v) is 7.23. The van der Waals surface area contributed by atoms with Crippen molar-refractivity contribution >= 4 is 17.3 Å². The van der Waals surface area contributed by atoms with Crippen LogP contribution in [0.15, 0.2) is 18.2 Å². The van der Waals surface area contributed by atoms with Gasteiger partial charge < -0.3 is 10.1 Å². The molecule has 1 aromatic carbocycles.